The predicted molar refractivity (Wildman–Crippen MR) is 103 cm³/mol. The summed E-state index contributed by atoms with van der Waals surface area (Å²) in [4.78, 5) is 30.3. The van der Waals surface area contributed by atoms with Crippen LogP contribution in [0.4, 0.5) is 15.2 Å². The molecule has 2 aromatic carbocycles. The number of amides is 2. The number of carbonyl (C=O) groups is 2. The molecule has 27 heavy (non-hydrogen) atoms. The van der Waals surface area contributed by atoms with Crippen molar-refractivity contribution in [3.05, 3.63) is 76.5 Å². The summed E-state index contributed by atoms with van der Waals surface area (Å²) in [5.74, 6) is -1.25. The highest BCUT2D eigenvalue weighted by molar-refractivity contribution is 7.16. The van der Waals surface area contributed by atoms with E-state index in [0.717, 1.165) is 11.3 Å². The van der Waals surface area contributed by atoms with Crippen molar-refractivity contribution in [1.82, 2.24) is 4.98 Å². The maximum Gasteiger partial charge on any atom is 0.257 e. The minimum atomic E-state index is -0.403. The SMILES string of the molecule is O=C(Nc1nc2c(s1)CCC2C(=O)Nc1cccc(F)c1)c1ccccc1. The standard InChI is InChI=1S/C20H16FN3O2S/c21-13-7-4-8-14(11-13)22-19(26)15-9-10-16-17(15)23-20(27-16)24-18(25)12-5-2-1-3-6-12/h1-8,11,15H,9-10H2,(H,22,26)(H,23,24,25). The molecule has 7 heteroatoms. The first-order chi connectivity index (χ1) is 13.1. The van der Waals surface area contributed by atoms with E-state index in [1.807, 2.05) is 6.07 Å². The van der Waals surface area contributed by atoms with E-state index < -0.39 is 11.7 Å². The van der Waals surface area contributed by atoms with E-state index in [4.69, 9.17) is 0 Å². The normalized spacial score (nSPS) is 15.2. The van der Waals surface area contributed by atoms with Gasteiger partial charge < -0.3 is 5.32 Å². The van der Waals surface area contributed by atoms with Crippen molar-refractivity contribution in [2.45, 2.75) is 18.8 Å². The highest BCUT2D eigenvalue weighted by Gasteiger charge is 2.33. The molecule has 5 nitrogen and oxygen atoms in total. The number of fused-ring (bicyclic) bond motifs is 1. The van der Waals surface area contributed by atoms with Gasteiger partial charge in [0.1, 0.15) is 5.82 Å². The van der Waals surface area contributed by atoms with Crippen LogP contribution in [-0.4, -0.2) is 16.8 Å². The fourth-order valence-corrected chi connectivity index (χ4v) is 4.12. The summed E-state index contributed by atoms with van der Waals surface area (Å²) in [7, 11) is 0. The maximum absolute atomic E-state index is 13.3. The lowest BCUT2D eigenvalue weighted by Crippen LogP contribution is -2.20. The van der Waals surface area contributed by atoms with E-state index in [1.165, 1.54) is 23.5 Å². The molecule has 1 heterocycles. The van der Waals surface area contributed by atoms with Gasteiger partial charge in [-0.15, -0.1) is 11.3 Å². The van der Waals surface area contributed by atoms with Gasteiger partial charge >= 0.3 is 0 Å². The van der Waals surface area contributed by atoms with Gasteiger partial charge in [0, 0.05) is 16.1 Å². The van der Waals surface area contributed by atoms with Gasteiger partial charge in [-0.1, -0.05) is 24.3 Å². The monoisotopic (exact) mass is 381 g/mol. The summed E-state index contributed by atoms with van der Waals surface area (Å²) in [5, 5.41) is 6.01. The highest BCUT2D eigenvalue weighted by atomic mass is 32.1. The average Bonchev–Trinajstić information content (AvgIpc) is 3.22. The zero-order chi connectivity index (χ0) is 18.8. The molecular weight excluding hydrogens is 365 g/mol. The Bertz CT molecular complexity index is 1000. The molecular formula is C20H16FN3O2S. The van der Waals surface area contributed by atoms with E-state index in [9.17, 15) is 14.0 Å². The second kappa shape index (κ2) is 7.28. The average molecular weight is 381 g/mol. The Morgan fingerprint density at radius 3 is 2.67 bits per heavy atom. The number of nitrogens with one attached hydrogen (secondary N) is 2. The van der Waals surface area contributed by atoms with Crippen LogP contribution >= 0.6 is 11.3 Å². The number of thiazole rings is 1. The Morgan fingerprint density at radius 2 is 1.89 bits per heavy atom. The van der Waals surface area contributed by atoms with Crippen LogP contribution in [0.3, 0.4) is 0 Å². The van der Waals surface area contributed by atoms with Crippen LogP contribution in [0, 0.1) is 5.82 Å². The van der Waals surface area contributed by atoms with E-state index >= 15 is 0 Å². The van der Waals surface area contributed by atoms with E-state index in [-0.39, 0.29) is 11.8 Å². The second-order valence-corrected chi connectivity index (χ2v) is 7.32. The molecule has 0 saturated carbocycles. The van der Waals surface area contributed by atoms with Crippen LogP contribution in [0.15, 0.2) is 54.6 Å². The van der Waals surface area contributed by atoms with Crippen molar-refractivity contribution in [2.24, 2.45) is 0 Å². The molecule has 2 amide bonds. The van der Waals surface area contributed by atoms with Crippen molar-refractivity contribution >= 4 is 34.0 Å². The van der Waals surface area contributed by atoms with Gasteiger partial charge in [-0.2, -0.15) is 0 Å². The minimum Gasteiger partial charge on any atom is -0.325 e. The summed E-state index contributed by atoms with van der Waals surface area (Å²) in [5.41, 5.74) is 1.66. The predicted octanol–water partition coefficient (Wildman–Crippen LogP) is 4.20. The van der Waals surface area contributed by atoms with Crippen molar-refractivity contribution < 1.29 is 14.0 Å². The Kier molecular flexibility index (Phi) is 4.68. The molecule has 0 saturated heterocycles. The molecule has 4 rings (SSSR count). The third kappa shape index (κ3) is 3.73. The molecule has 2 N–H and O–H groups in total. The number of aromatic nitrogens is 1. The molecule has 1 atom stereocenters. The lowest BCUT2D eigenvalue weighted by atomic mass is 10.1. The van der Waals surface area contributed by atoms with Gasteiger partial charge in [-0.3, -0.25) is 14.9 Å². The molecule has 3 aromatic rings. The highest BCUT2D eigenvalue weighted by Crippen LogP contribution is 2.39. The maximum atomic E-state index is 13.3. The number of nitrogens with zero attached hydrogens (tertiary/aromatic N) is 1. The van der Waals surface area contributed by atoms with Crippen LogP contribution in [-0.2, 0) is 11.2 Å². The smallest absolute Gasteiger partial charge is 0.257 e. The van der Waals surface area contributed by atoms with E-state index in [2.05, 4.69) is 15.6 Å². The Morgan fingerprint density at radius 1 is 1.07 bits per heavy atom. The molecule has 1 aromatic heterocycles. The van der Waals surface area contributed by atoms with Crippen LogP contribution in [0.2, 0.25) is 0 Å². The fourth-order valence-electron chi connectivity index (χ4n) is 3.09. The number of anilines is 2. The number of benzene rings is 2. The summed E-state index contributed by atoms with van der Waals surface area (Å²) in [6.07, 6.45) is 1.39. The van der Waals surface area contributed by atoms with Crippen molar-refractivity contribution in [2.75, 3.05) is 10.6 Å². The van der Waals surface area contributed by atoms with Gasteiger partial charge in [-0.25, -0.2) is 9.37 Å². The Labute approximate surface area is 159 Å². The lowest BCUT2D eigenvalue weighted by molar-refractivity contribution is -0.117. The van der Waals surface area contributed by atoms with Crippen LogP contribution in [0.1, 0.15) is 33.3 Å². The molecule has 0 bridgehead atoms. The summed E-state index contributed by atoms with van der Waals surface area (Å²) < 4.78 is 13.3. The number of aryl methyl sites for hydroxylation is 1. The number of halogens is 1. The molecule has 1 aliphatic carbocycles. The van der Waals surface area contributed by atoms with Gasteiger partial charge in [0.05, 0.1) is 11.6 Å². The molecule has 0 radical (unpaired) electrons. The van der Waals surface area contributed by atoms with Gasteiger partial charge in [0.25, 0.3) is 5.91 Å². The molecule has 1 unspecified atom stereocenters. The summed E-state index contributed by atoms with van der Waals surface area (Å²) in [6, 6.07) is 14.7. The third-order valence-electron chi connectivity index (χ3n) is 4.38. The zero-order valence-electron chi connectivity index (χ0n) is 14.2. The number of carbonyl (C=O) groups excluding carboxylic acids is 2. The van der Waals surface area contributed by atoms with Gasteiger partial charge in [0.2, 0.25) is 5.91 Å². The van der Waals surface area contributed by atoms with E-state index in [0.29, 0.717) is 28.5 Å². The number of hydrogen-bond donors (Lipinski definition) is 2. The first-order valence-electron chi connectivity index (χ1n) is 8.52. The summed E-state index contributed by atoms with van der Waals surface area (Å²) >= 11 is 1.39. The van der Waals surface area contributed by atoms with Crippen LogP contribution < -0.4 is 10.6 Å². The Hall–Kier alpha value is -3.06. The molecule has 1 aliphatic rings. The molecule has 0 spiro atoms. The first-order valence-corrected chi connectivity index (χ1v) is 9.34. The molecule has 0 fully saturated rings. The van der Waals surface area contributed by atoms with Crippen LogP contribution in [0.25, 0.3) is 0 Å². The van der Waals surface area contributed by atoms with Gasteiger partial charge in [-0.05, 0) is 43.2 Å². The van der Waals surface area contributed by atoms with Crippen molar-refractivity contribution in [3.8, 4) is 0 Å². The van der Waals surface area contributed by atoms with Gasteiger partial charge in [0.15, 0.2) is 5.13 Å². The third-order valence-corrected chi connectivity index (χ3v) is 5.43. The molecule has 0 aliphatic heterocycles. The number of rotatable bonds is 4. The quantitative estimate of drug-likeness (QED) is 0.711. The fraction of sp³-hybridized carbons (Fsp3) is 0.150. The number of hydrogen-bond acceptors (Lipinski definition) is 4. The minimum absolute atomic E-state index is 0.217. The topological polar surface area (TPSA) is 71.1 Å². The lowest BCUT2D eigenvalue weighted by Gasteiger charge is -2.10. The second-order valence-electron chi connectivity index (χ2n) is 6.24. The largest absolute Gasteiger partial charge is 0.325 e. The van der Waals surface area contributed by atoms with Crippen LogP contribution in [0.5, 0.6) is 0 Å². The zero-order valence-corrected chi connectivity index (χ0v) is 15.1. The summed E-state index contributed by atoms with van der Waals surface area (Å²) in [6.45, 7) is 0. The Balaban J connectivity index is 1.47. The van der Waals surface area contributed by atoms with Crippen molar-refractivity contribution in [3.63, 3.8) is 0 Å². The first kappa shape index (κ1) is 17.4. The van der Waals surface area contributed by atoms with E-state index in [1.54, 1.807) is 36.4 Å². The molecule has 136 valence electrons. The van der Waals surface area contributed by atoms with Crippen molar-refractivity contribution in [1.29, 1.82) is 0 Å².